The van der Waals surface area contributed by atoms with Crippen LogP contribution in [0.4, 0.5) is 5.69 Å². The highest BCUT2D eigenvalue weighted by Crippen LogP contribution is 2.59. The van der Waals surface area contributed by atoms with Crippen molar-refractivity contribution in [2.45, 2.75) is 56.7 Å². The third-order valence-corrected chi connectivity index (χ3v) is 9.38. The molecular formula is C29H37N5O2. The Morgan fingerprint density at radius 3 is 2.83 bits per heavy atom. The van der Waals surface area contributed by atoms with E-state index < -0.39 is 0 Å². The molecule has 5 aliphatic rings. The van der Waals surface area contributed by atoms with Crippen molar-refractivity contribution in [1.82, 2.24) is 19.9 Å². The zero-order valence-corrected chi connectivity index (χ0v) is 21.4. The van der Waals surface area contributed by atoms with E-state index in [1.807, 2.05) is 4.52 Å². The molecule has 8 rings (SSSR count). The summed E-state index contributed by atoms with van der Waals surface area (Å²) in [6.07, 6.45) is 6.88. The van der Waals surface area contributed by atoms with Crippen LogP contribution in [0.2, 0.25) is 0 Å². The number of aromatic nitrogens is 3. The second-order valence-electron chi connectivity index (χ2n) is 11.7. The van der Waals surface area contributed by atoms with Gasteiger partial charge >= 0.3 is 0 Å². The minimum Gasteiger partial charge on any atom is -0.378 e. The summed E-state index contributed by atoms with van der Waals surface area (Å²) in [6.45, 7) is 10.2. The normalized spacial score (nSPS) is 32.3. The minimum atomic E-state index is -0.379. The summed E-state index contributed by atoms with van der Waals surface area (Å²) in [5.41, 5.74) is 4.52. The van der Waals surface area contributed by atoms with Crippen molar-refractivity contribution >= 4 is 11.3 Å². The van der Waals surface area contributed by atoms with Gasteiger partial charge in [0.15, 0.2) is 11.5 Å². The van der Waals surface area contributed by atoms with Crippen LogP contribution in [0, 0.1) is 18.8 Å². The Kier molecular flexibility index (Phi) is 5.38. The Morgan fingerprint density at radius 1 is 1.19 bits per heavy atom. The molecule has 3 aromatic rings. The second kappa shape index (κ2) is 8.54. The molecule has 1 saturated carbocycles. The number of fused-ring (bicyclic) bond motifs is 2. The summed E-state index contributed by atoms with van der Waals surface area (Å²) in [5, 5.41) is 8.45. The second-order valence-corrected chi connectivity index (χ2v) is 11.7. The molecule has 6 heterocycles. The molecule has 0 amide bonds. The van der Waals surface area contributed by atoms with E-state index in [9.17, 15) is 0 Å². The average molecular weight is 488 g/mol. The Hall–Kier alpha value is -2.48. The van der Waals surface area contributed by atoms with Crippen LogP contribution in [0.3, 0.4) is 0 Å². The van der Waals surface area contributed by atoms with Crippen molar-refractivity contribution in [2.24, 2.45) is 11.8 Å². The molecule has 0 spiro atoms. The molecule has 4 saturated heterocycles. The first-order valence-corrected chi connectivity index (χ1v) is 13.7. The summed E-state index contributed by atoms with van der Waals surface area (Å²) in [6, 6.07) is 13.2. The van der Waals surface area contributed by atoms with Crippen molar-refractivity contribution in [3.63, 3.8) is 0 Å². The number of ether oxygens (including phenoxy) is 2. The van der Waals surface area contributed by atoms with E-state index in [0.717, 1.165) is 82.1 Å². The Morgan fingerprint density at radius 2 is 2.03 bits per heavy atom. The van der Waals surface area contributed by atoms with Crippen LogP contribution in [0.25, 0.3) is 5.65 Å². The molecule has 1 aliphatic carbocycles. The summed E-state index contributed by atoms with van der Waals surface area (Å²) in [4.78, 5) is 7.54. The summed E-state index contributed by atoms with van der Waals surface area (Å²) >= 11 is 0. The fourth-order valence-corrected chi connectivity index (χ4v) is 7.04. The first-order valence-electron chi connectivity index (χ1n) is 13.7. The Bertz CT molecular complexity index is 1250. The average Bonchev–Trinajstić information content (AvgIpc) is 3.68. The molecule has 7 nitrogen and oxygen atoms in total. The molecule has 2 aromatic heterocycles. The molecule has 4 atom stereocenters. The fourth-order valence-electron chi connectivity index (χ4n) is 7.04. The molecule has 5 fully saturated rings. The zero-order chi connectivity index (χ0) is 24.3. The van der Waals surface area contributed by atoms with Crippen LogP contribution in [0.5, 0.6) is 0 Å². The van der Waals surface area contributed by atoms with Gasteiger partial charge < -0.3 is 19.7 Å². The number of nitrogens with zero attached hydrogens (tertiary/aromatic N) is 4. The fraction of sp³-hybridized carbons (Fsp3) is 0.586. The van der Waals surface area contributed by atoms with Crippen molar-refractivity contribution in [3.8, 4) is 0 Å². The van der Waals surface area contributed by atoms with Gasteiger partial charge in [0.1, 0.15) is 5.60 Å². The molecule has 1 N–H and O–H groups in total. The van der Waals surface area contributed by atoms with Gasteiger partial charge in [-0.2, -0.15) is 0 Å². The number of hydrogen-bond acceptors (Lipinski definition) is 6. The van der Waals surface area contributed by atoms with E-state index in [1.165, 1.54) is 11.3 Å². The maximum Gasteiger partial charge on any atom is 0.183 e. The standard InChI is InChI=1S/C29H37N5O2/c1-20-14-23(33-13-10-28(2,19-33)22-6-4-3-5-7-22)16-34-26(20)31-27(32-34)29-15-21(17-36-29)25(29)18-35-24-8-11-30-12-9-24/h3-7,14,16,21,24-25,30H,8-13,15,17-19H2,1-2H3/t21?,25?,28-,29?/m0/s1. The quantitative estimate of drug-likeness (QED) is 0.570. The number of rotatable bonds is 6. The van der Waals surface area contributed by atoms with E-state index in [-0.39, 0.29) is 11.0 Å². The lowest BCUT2D eigenvalue weighted by molar-refractivity contribution is -0.111. The van der Waals surface area contributed by atoms with Crippen LogP contribution < -0.4 is 10.2 Å². The minimum absolute atomic E-state index is 0.164. The third kappa shape index (κ3) is 3.58. The number of aryl methyl sites for hydroxylation is 1. The van der Waals surface area contributed by atoms with Crippen molar-refractivity contribution < 1.29 is 9.47 Å². The summed E-state index contributed by atoms with van der Waals surface area (Å²) in [7, 11) is 0. The van der Waals surface area contributed by atoms with E-state index in [1.54, 1.807) is 0 Å². The Balaban J connectivity index is 1.13. The predicted octanol–water partition coefficient (Wildman–Crippen LogP) is 3.84. The molecule has 0 radical (unpaired) electrons. The van der Waals surface area contributed by atoms with Gasteiger partial charge in [0.2, 0.25) is 0 Å². The van der Waals surface area contributed by atoms with Crippen molar-refractivity contribution in [1.29, 1.82) is 0 Å². The predicted molar refractivity (Wildman–Crippen MR) is 139 cm³/mol. The SMILES string of the molecule is Cc1cc(N2CC[C@](C)(c3ccccc3)C2)cn2nc(C34CC(CO3)C4COC3CCNCC3)nc12. The largest absolute Gasteiger partial charge is 0.378 e. The topological polar surface area (TPSA) is 63.9 Å². The number of nitrogens with one attached hydrogen (secondary N) is 1. The van der Waals surface area contributed by atoms with E-state index in [2.05, 4.69) is 66.7 Å². The molecule has 4 aliphatic heterocycles. The number of anilines is 1. The maximum absolute atomic E-state index is 6.39. The molecular weight excluding hydrogens is 450 g/mol. The molecule has 190 valence electrons. The number of piperidine rings is 1. The molecule has 2 bridgehead atoms. The lowest BCUT2D eigenvalue weighted by Gasteiger charge is -2.43. The van der Waals surface area contributed by atoms with Crippen LogP contribution >= 0.6 is 0 Å². The third-order valence-electron chi connectivity index (χ3n) is 9.38. The van der Waals surface area contributed by atoms with Gasteiger partial charge in [0, 0.05) is 24.4 Å². The van der Waals surface area contributed by atoms with Gasteiger partial charge in [0.05, 0.1) is 31.2 Å². The van der Waals surface area contributed by atoms with Gasteiger partial charge in [-0.1, -0.05) is 37.3 Å². The van der Waals surface area contributed by atoms with Crippen molar-refractivity contribution in [2.75, 3.05) is 44.3 Å². The highest BCUT2D eigenvalue weighted by molar-refractivity contribution is 5.58. The van der Waals surface area contributed by atoms with Crippen LogP contribution in [0.1, 0.15) is 49.6 Å². The smallest absolute Gasteiger partial charge is 0.183 e. The highest BCUT2D eigenvalue weighted by Gasteiger charge is 2.64. The number of pyridine rings is 1. The van der Waals surface area contributed by atoms with Gasteiger partial charge in [-0.15, -0.1) is 5.10 Å². The number of benzene rings is 1. The summed E-state index contributed by atoms with van der Waals surface area (Å²) in [5.74, 6) is 1.76. The Labute approximate surface area is 213 Å². The first kappa shape index (κ1) is 22.7. The van der Waals surface area contributed by atoms with Gasteiger partial charge in [-0.05, 0) is 68.8 Å². The monoisotopic (exact) mass is 487 g/mol. The molecule has 3 unspecified atom stereocenters. The van der Waals surface area contributed by atoms with Gasteiger partial charge in [-0.3, -0.25) is 0 Å². The van der Waals surface area contributed by atoms with E-state index >= 15 is 0 Å². The van der Waals surface area contributed by atoms with E-state index in [4.69, 9.17) is 19.6 Å². The molecule has 1 aromatic carbocycles. The lowest BCUT2D eigenvalue weighted by Crippen LogP contribution is -2.49. The zero-order valence-electron chi connectivity index (χ0n) is 21.4. The number of hydrogen-bond donors (Lipinski definition) is 1. The van der Waals surface area contributed by atoms with Crippen LogP contribution in [0.15, 0.2) is 42.6 Å². The lowest BCUT2D eigenvalue weighted by atomic mass is 9.64. The first-order chi connectivity index (χ1) is 17.5. The highest BCUT2D eigenvalue weighted by atomic mass is 16.5. The van der Waals surface area contributed by atoms with Crippen LogP contribution in [-0.4, -0.2) is 60.1 Å². The molecule has 7 heteroatoms. The van der Waals surface area contributed by atoms with Crippen molar-refractivity contribution in [3.05, 3.63) is 59.5 Å². The van der Waals surface area contributed by atoms with Gasteiger partial charge in [0.25, 0.3) is 0 Å². The maximum atomic E-state index is 6.39. The van der Waals surface area contributed by atoms with Crippen LogP contribution in [-0.2, 0) is 20.5 Å². The van der Waals surface area contributed by atoms with Gasteiger partial charge in [-0.25, -0.2) is 9.50 Å². The summed E-state index contributed by atoms with van der Waals surface area (Å²) < 4.78 is 14.7. The molecule has 36 heavy (non-hydrogen) atoms. The van der Waals surface area contributed by atoms with E-state index in [0.29, 0.717) is 17.9 Å².